The van der Waals surface area contributed by atoms with E-state index in [1.54, 1.807) is 24.3 Å². The van der Waals surface area contributed by atoms with Gasteiger partial charge in [-0.15, -0.1) is 12.4 Å². The minimum Gasteiger partial charge on any atom is -0.457 e. The fourth-order valence-corrected chi connectivity index (χ4v) is 3.17. The van der Waals surface area contributed by atoms with E-state index in [4.69, 9.17) is 15.6 Å². The fourth-order valence-electron chi connectivity index (χ4n) is 2.66. The number of carbonyl (C=O) groups is 1. The first-order chi connectivity index (χ1) is 12.7. The van der Waals surface area contributed by atoms with Crippen LogP contribution in [0.15, 0.2) is 53.4 Å². The second-order valence-electron chi connectivity index (χ2n) is 6.29. The van der Waals surface area contributed by atoms with Crippen molar-refractivity contribution in [1.29, 1.82) is 0 Å². The van der Waals surface area contributed by atoms with Gasteiger partial charge in [-0.2, -0.15) is 0 Å². The molecule has 0 heterocycles. The predicted octanol–water partition coefficient (Wildman–Crippen LogP) is 3.25. The van der Waals surface area contributed by atoms with Crippen LogP contribution in [0, 0.1) is 5.41 Å². The Balaban J connectivity index is 0.00000392. The van der Waals surface area contributed by atoms with E-state index in [1.165, 1.54) is 24.3 Å². The minimum absolute atomic E-state index is 0. The van der Waals surface area contributed by atoms with Gasteiger partial charge in [-0.05, 0) is 61.4 Å². The Kier molecular flexibility index (Phi) is 8.44. The van der Waals surface area contributed by atoms with Crippen LogP contribution in [0.25, 0.3) is 0 Å². The molecule has 154 valence electrons. The molecular weight excluding hydrogens is 402 g/mol. The van der Waals surface area contributed by atoms with Gasteiger partial charge in [0.2, 0.25) is 15.9 Å². The molecular formula is C19H26ClN3O4S. The van der Waals surface area contributed by atoms with Crippen molar-refractivity contribution in [3.63, 3.8) is 0 Å². The standard InChI is InChI=1S/C19H25N3O4S.ClH/c1-3-19(4-2,13-20)18(23)22-14-5-7-15(8-6-14)26-16-9-11-17(12-10-16)27(21,24)25;/h5-12H,3-4,13,20H2,1-2H3,(H,22,23)(H2,21,24,25);1H. The first kappa shape index (κ1) is 23.9. The maximum Gasteiger partial charge on any atom is 0.238 e. The van der Waals surface area contributed by atoms with Gasteiger partial charge in [-0.1, -0.05) is 13.8 Å². The Morgan fingerprint density at radius 1 is 1.00 bits per heavy atom. The van der Waals surface area contributed by atoms with E-state index in [0.29, 0.717) is 36.6 Å². The highest BCUT2D eigenvalue weighted by Crippen LogP contribution is 2.28. The molecule has 2 aromatic carbocycles. The zero-order valence-electron chi connectivity index (χ0n) is 15.8. The summed E-state index contributed by atoms with van der Waals surface area (Å²) >= 11 is 0. The lowest BCUT2D eigenvalue weighted by Crippen LogP contribution is -2.41. The van der Waals surface area contributed by atoms with Crippen LogP contribution in [-0.4, -0.2) is 20.9 Å². The largest absolute Gasteiger partial charge is 0.457 e. The van der Waals surface area contributed by atoms with Gasteiger partial charge in [0.15, 0.2) is 0 Å². The molecule has 2 aromatic rings. The van der Waals surface area contributed by atoms with Gasteiger partial charge in [0.25, 0.3) is 0 Å². The number of hydrogen-bond acceptors (Lipinski definition) is 5. The topological polar surface area (TPSA) is 125 Å². The van der Waals surface area contributed by atoms with Gasteiger partial charge < -0.3 is 15.8 Å². The van der Waals surface area contributed by atoms with E-state index < -0.39 is 15.4 Å². The second kappa shape index (κ2) is 9.88. The molecule has 0 radical (unpaired) electrons. The Morgan fingerprint density at radius 3 is 1.86 bits per heavy atom. The van der Waals surface area contributed by atoms with Crippen LogP contribution >= 0.6 is 12.4 Å². The van der Waals surface area contributed by atoms with E-state index in [9.17, 15) is 13.2 Å². The molecule has 0 aromatic heterocycles. The van der Waals surface area contributed by atoms with Gasteiger partial charge in [0, 0.05) is 12.2 Å². The van der Waals surface area contributed by atoms with Crippen molar-refractivity contribution < 1.29 is 17.9 Å². The first-order valence-corrected chi connectivity index (χ1v) is 10.2. The van der Waals surface area contributed by atoms with Crippen molar-refractivity contribution in [3.05, 3.63) is 48.5 Å². The molecule has 0 atom stereocenters. The summed E-state index contributed by atoms with van der Waals surface area (Å²) in [5, 5.41) is 7.96. The Morgan fingerprint density at radius 2 is 1.46 bits per heavy atom. The van der Waals surface area contributed by atoms with Crippen LogP contribution in [0.4, 0.5) is 5.69 Å². The summed E-state index contributed by atoms with van der Waals surface area (Å²) in [5.74, 6) is 0.924. The van der Waals surface area contributed by atoms with Crippen molar-refractivity contribution in [3.8, 4) is 11.5 Å². The zero-order chi connectivity index (χ0) is 20.1. The Labute approximate surface area is 171 Å². The molecule has 0 unspecified atom stereocenters. The molecule has 0 aliphatic rings. The minimum atomic E-state index is -3.73. The lowest BCUT2D eigenvalue weighted by atomic mass is 9.81. The van der Waals surface area contributed by atoms with Crippen molar-refractivity contribution in [2.45, 2.75) is 31.6 Å². The molecule has 0 aliphatic carbocycles. The molecule has 5 N–H and O–H groups in total. The maximum atomic E-state index is 12.5. The molecule has 0 aliphatic heterocycles. The number of halogens is 1. The number of anilines is 1. The second-order valence-corrected chi connectivity index (χ2v) is 7.85. The lowest BCUT2D eigenvalue weighted by Gasteiger charge is -2.28. The number of nitrogens with two attached hydrogens (primary N) is 2. The van der Waals surface area contributed by atoms with Crippen molar-refractivity contribution >= 4 is 34.0 Å². The van der Waals surface area contributed by atoms with Crippen molar-refractivity contribution in [2.24, 2.45) is 16.3 Å². The summed E-state index contributed by atoms with van der Waals surface area (Å²) in [6.07, 6.45) is 1.34. The third-order valence-electron chi connectivity index (χ3n) is 4.73. The SMILES string of the molecule is CCC(CC)(CN)C(=O)Nc1ccc(Oc2ccc(S(N)(=O)=O)cc2)cc1.Cl. The van der Waals surface area contributed by atoms with Gasteiger partial charge in [0.1, 0.15) is 11.5 Å². The molecule has 0 saturated heterocycles. The van der Waals surface area contributed by atoms with E-state index in [2.05, 4.69) is 5.32 Å². The van der Waals surface area contributed by atoms with Crippen LogP contribution in [0.1, 0.15) is 26.7 Å². The quantitative estimate of drug-likeness (QED) is 0.596. The lowest BCUT2D eigenvalue weighted by molar-refractivity contribution is -0.125. The van der Waals surface area contributed by atoms with Gasteiger partial charge in [-0.3, -0.25) is 4.79 Å². The third-order valence-corrected chi connectivity index (χ3v) is 5.66. The molecule has 0 fully saturated rings. The highest BCUT2D eigenvalue weighted by atomic mass is 35.5. The summed E-state index contributed by atoms with van der Waals surface area (Å²) in [4.78, 5) is 12.6. The number of rotatable bonds is 8. The van der Waals surface area contributed by atoms with Crippen LogP contribution < -0.4 is 20.9 Å². The molecule has 28 heavy (non-hydrogen) atoms. The van der Waals surface area contributed by atoms with Crippen molar-refractivity contribution in [2.75, 3.05) is 11.9 Å². The predicted molar refractivity (Wildman–Crippen MR) is 112 cm³/mol. The molecule has 9 heteroatoms. The first-order valence-electron chi connectivity index (χ1n) is 8.66. The summed E-state index contributed by atoms with van der Waals surface area (Å²) < 4.78 is 28.2. The summed E-state index contributed by atoms with van der Waals surface area (Å²) in [6.45, 7) is 4.20. The van der Waals surface area contributed by atoms with Gasteiger partial charge in [-0.25, -0.2) is 13.6 Å². The number of amides is 1. The average molecular weight is 428 g/mol. The van der Waals surface area contributed by atoms with E-state index >= 15 is 0 Å². The maximum absolute atomic E-state index is 12.5. The highest BCUT2D eigenvalue weighted by molar-refractivity contribution is 7.89. The number of primary sulfonamides is 1. The molecule has 0 saturated carbocycles. The normalized spacial score (nSPS) is 11.4. The average Bonchev–Trinajstić information content (AvgIpc) is 2.65. The Bertz CT molecular complexity index is 872. The van der Waals surface area contributed by atoms with Crippen molar-refractivity contribution in [1.82, 2.24) is 0 Å². The number of hydrogen-bond donors (Lipinski definition) is 3. The van der Waals surface area contributed by atoms with E-state index in [-0.39, 0.29) is 23.2 Å². The number of ether oxygens (including phenoxy) is 1. The van der Waals surface area contributed by atoms with E-state index in [1.807, 2.05) is 13.8 Å². The summed E-state index contributed by atoms with van der Waals surface area (Å²) in [6, 6.07) is 12.7. The number of benzene rings is 2. The highest BCUT2D eigenvalue weighted by Gasteiger charge is 2.33. The number of nitrogens with one attached hydrogen (secondary N) is 1. The smallest absolute Gasteiger partial charge is 0.238 e. The van der Waals surface area contributed by atoms with Gasteiger partial charge >= 0.3 is 0 Å². The van der Waals surface area contributed by atoms with Crippen LogP contribution in [0.5, 0.6) is 11.5 Å². The van der Waals surface area contributed by atoms with Crippen LogP contribution in [0.3, 0.4) is 0 Å². The van der Waals surface area contributed by atoms with Gasteiger partial charge in [0.05, 0.1) is 10.3 Å². The summed E-state index contributed by atoms with van der Waals surface area (Å²) in [7, 11) is -3.73. The molecule has 0 spiro atoms. The van der Waals surface area contributed by atoms with E-state index in [0.717, 1.165) is 0 Å². The fraction of sp³-hybridized carbons (Fsp3) is 0.316. The number of sulfonamides is 1. The summed E-state index contributed by atoms with van der Waals surface area (Å²) in [5.41, 5.74) is 5.89. The zero-order valence-corrected chi connectivity index (χ0v) is 17.5. The molecule has 1 amide bonds. The molecule has 0 bridgehead atoms. The molecule has 7 nitrogen and oxygen atoms in total. The Hall–Kier alpha value is -2.13. The number of carbonyl (C=O) groups excluding carboxylic acids is 1. The van der Waals surface area contributed by atoms with Crippen LogP contribution in [0.2, 0.25) is 0 Å². The monoisotopic (exact) mass is 427 g/mol. The molecule has 2 rings (SSSR count). The third kappa shape index (κ3) is 5.68. The van der Waals surface area contributed by atoms with Crippen LogP contribution in [-0.2, 0) is 14.8 Å².